The number of hydrazone groups is 1. The Bertz CT molecular complexity index is 3550. The van der Waals surface area contributed by atoms with Gasteiger partial charge in [0.1, 0.15) is 34.7 Å². The molecule has 98 heavy (non-hydrogen) atoms. The van der Waals surface area contributed by atoms with Crippen LogP contribution in [0.25, 0.3) is 10.2 Å². The summed E-state index contributed by atoms with van der Waals surface area (Å²) in [7, 11) is 0. The van der Waals surface area contributed by atoms with E-state index in [0.29, 0.717) is 118 Å². The largest absolute Gasteiger partial charge is 0.494 e. The van der Waals surface area contributed by atoms with E-state index in [1.165, 1.54) is 12.2 Å². The topological polar surface area (TPSA) is 206 Å². The van der Waals surface area contributed by atoms with Crippen LogP contribution in [0.2, 0.25) is 0 Å². The summed E-state index contributed by atoms with van der Waals surface area (Å²) in [5.41, 5.74) is 3.16. The van der Waals surface area contributed by atoms with Crippen molar-refractivity contribution < 1.29 is 71.6 Å². The van der Waals surface area contributed by atoms with E-state index in [9.17, 15) is 24.0 Å². The standard InChI is InChI=1S/C79H91N3O15S/c1-3-73(83)90-52-22-9-7-20-50-88-64-39-43-67(44-40-64)94-66-37-35-62(36-38-66)77(86)96-69-47-48-71(97-93-57-58-31-33-61(34-32-58)76(85)95-68-45-41-65(42-46-68)89-51-21-8-10-23-53-91-74(84)4-2)63(55-69)56-80-82(79-81-70-29-17-18-30-72(70)98-79)49-19-5-6-24-54-92-78(87)75(59-25-13-11-14-26-59)60-27-15-12-16-28-60/h3-4,11-18,25-30,39-48,55-56,58,61-62,66,75H,1-2,5-10,19-24,31-38,49-54,57H2/b80-56+. The molecule has 0 saturated heterocycles. The molecule has 18 nitrogen and oxygen atoms in total. The molecule has 0 atom stereocenters. The van der Waals surface area contributed by atoms with Gasteiger partial charge in [0.15, 0.2) is 5.75 Å². The lowest BCUT2D eigenvalue weighted by atomic mass is 9.82. The van der Waals surface area contributed by atoms with Crippen LogP contribution in [-0.2, 0) is 43.1 Å². The number of aromatic nitrogens is 1. The van der Waals surface area contributed by atoms with Crippen LogP contribution in [-0.4, -0.2) is 93.3 Å². The van der Waals surface area contributed by atoms with Crippen LogP contribution in [0.1, 0.15) is 151 Å². The summed E-state index contributed by atoms with van der Waals surface area (Å²) >= 11 is 1.54. The van der Waals surface area contributed by atoms with Gasteiger partial charge in [0.25, 0.3) is 0 Å². The molecule has 7 aromatic rings. The Balaban J connectivity index is 0.778. The number of ether oxygens (including phenoxy) is 8. The molecule has 518 valence electrons. The third-order valence-corrected chi connectivity index (χ3v) is 18.3. The van der Waals surface area contributed by atoms with Gasteiger partial charge in [0.2, 0.25) is 5.13 Å². The first-order chi connectivity index (χ1) is 48.1. The normalized spacial score (nSPS) is 16.0. The molecule has 0 aliphatic heterocycles. The molecule has 0 N–H and O–H groups in total. The first-order valence-corrected chi connectivity index (χ1v) is 35.4. The van der Waals surface area contributed by atoms with Gasteiger partial charge < -0.3 is 42.8 Å². The average molecular weight is 1350 g/mol. The minimum absolute atomic E-state index is 0.0527. The number of para-hydroxylation sites is 1. The maximum atomic E-state index is 13.9. The quantitative estimate of drug-likeness (QED) is 0.00510. The Morgan fingerprint density at radius 3 is 1.58 bits per heavy atom. The summed E-state index contributed by atoms with van der Waals surface area (Å²) in [5, 5.41) is 7.64. The fraction of sp³-hybridized carbons (Fsp3) is 0.405. The lowest BCUT2D eigenvalue weighted by molar-refractivity contribution is -0.218. The molecular formula is C79H91N3O15S. The minimum atomic E-state index is -0.511. The Morgan fingerprint density at radius 1 is 0.520 bits per heavy atom. The van der Waals surface area contributed by atoms with Crippen molar-refractivity contribution in [1.29, 1.82) is 0 Å². The summed E-state index contributed by atoms with van der Waals surface area (Å²) in [4.78, 5) is 80.4. The van der Waals surface area contributed by atoms with E-state index < -0.39 is 17.9 Å². The second-order valence-electron chi connectivity index (χ2n) is 24.6. The van der Waals surface area contributed by atoms with Crippen molar-refractivity contribution in [3.05, 3.63) is 194 Å². The van der Waals surface area contributed by atoms with Gasteiger partial charge in [0, 0.05) is 24.3 Å². The number of esters is 5. The SMILES string of the molecule is C=CC(=O)OCCCCCCOc1ccc(OC(=O)C2CCC(COOc3ccc(OC(=O)C4CCC(Oc5ccc(OCCCCCCOC(=O)C=C)cc5)CC4)cc3/C=N/N(CCCCCCOC(=O)C(c3ccccc3)c3ccccc3)c3nc4ccccc4s3)CC2)cc1. The number of nitrogens with zero attached hydrogens (tertiary/aromatic N) is 3. The molecule has 2 saturated carbocycles. The van der Waals surface area contributed by atoms with Crippen LogP contribution in [0.4, 0.5) is 5.13 Å². The second kappa shape index (κ2) is 40.4. The van der Waals surface area contributed by atoms with Crippen molar-refractivity contribution in [3.63, 3.8) is 0 Å². The predicted octanol–water partition coefficient (Wildman–Crippen LogP) is 16.7. The highest BCUT2D eigenvalue weighted by molar-refractivity contribution is 7.22. The summed E-state index contributed by atoms with van der Waals surface area (Å²) in [6.45, 7) is 9.85. The summed E-state index contributed by atoms with van der Waals surface area (Å²) < 4.78 is 47.1. The predicted molar refractivity (Wildman–Crippen MR) is 378 cm³/mol. The number of benzene rings is 6. The molecule has 19 heteroatoms. The van der Waals surface area contributed by atoms with Gasteiger partial charge in [-0.15, -0.1) is 0 Å². The van der Waals surface area contributed by atoms with Gasteiger partial charge in [-0.2, -0.15) is 9.99 Å². The van der Waals surface area contributed by atoms with Crippen LogP contribution < -0.4 is 33.6 Å². The molecule has 0 radical (unpaired) electrons. The van der Waals surface area contributed by atoms with Crippen LogP contribution in [0.3, 0.4) is 0 Å². The third kappa shape index (κ3) is 24.3. The van der Waals surface area contributed by atoms with Gasteiger partial charge in [-0.05, 0) is 218 Å². The van der Waals surface area contributed by atoms with E-state index in [4.69, 9.17) is 57.8 Å². The smallest absolute Gasteiger partial charge is 0.330 e. The van der Waals surface area contributed by atoms with Crippen molar-refractivity contribution in [1.82, 2.24) is 4.98 Å². The Kier molecular flexibility index (Phi) is 30.1. The number of unbranched alkanes of at least 4 members (excludes halogenated alkanes) is 9. The summed E-state index contributed by atoms with van der Waals surface area (Å²) in [6.07, 6.45) is 19.6. The maximum absolute atomic E-state index is 13.9. The monoisotopic (exact) mass is 1350 g/mol. The molecule has 1 aromatic heterocycles. The summed E-state index contributed by atoms with van der Waals surface area (Å²) in [6, 6.07) is 47.3. The van der Waals surface area contributed by atoms with E-state index in [-0.39, 0.29) is 48.4 Å². The van der Waals surface area contributed by atoms with Crippen molar-refractivity contribution in [2.75, 3.05) is 51.2 Å². The third-order valence-electron chi connectivity index (χ3n) is 17.3. The van der Waals surface area contributed by atoms with Gasteiger partial charge >= 0.3 is 29.8 Å². The molecule has 0 spiro atoms. The Morgan fingerprint density at radius 2 is 1.01 bits per heavy atom. The van der Waals surface area contributed by atoms with Crippen LogP contribution in [0, 0.1) is 17.8 Å². The molecule has 6 aromatic carbocycles. The second-order valence-corrected chi connectivity index (χ2v) is 25.6. The lowest BCUT2D eigenvalue weighted by Gasteiger charge is -2.28. The maximum Gasteiger partial charge on any atom is 0.330 e. The molecule has 2 aliphatic rings. The van der Waals surface area contributed by atoms with Gasteiger partial charge in [-0.25, -0.2) is 19.6 Å². The highest BCUT2D eigenvalue weighted by Gasteiger charge is 2.31. The highest BCUT2D eigenvalue weighted by atomic mass is 32.1. The Labute approximate surface area is 579 Å². The summed E-state index contributed by atoms with van der Waals surface area (Å²) in [5.74, 6) is 0.759. The molecule has 0 bridgehead atoms. The molecule has 2 fully saturated rings. The van der Waals surface area contributed by atoms with Gasteiger partial charge in [-0.3, -0.25) is 14.4 Å². The van der Waals surface area contributed by atoms with Crippen molar-refractivity contribution in [2.24, 2.45) is 22.9 Å². The van der Waals surface area contributed by atoms with E-state index >= 15 is 0 Å². The van der Waals surface area contributed by atoms with Crippen LogP contribution >= 0.6 is 11.3 Å². The number of rotatable bonds is 41. The van der Waals surface area contributed by atoms with E-state index in [0.717, 1.165) is 116 Å². The molecule has 1 heterocycles. The first kappa shape index (κ1) is 72.9. The zero-order valence-electron chi connectivity index (χ0n) is 55.9. The zero-order valence-corrected chi connectivity index (χ0v) is 56.7. The number of hydrogen-bond donors (Lipinski definition) is 0. The van der Waals surface area contributed by atoms with E-state index in [1.807, 2.05) is 114 Å². The number of carbonyl (C=O) groups is 5. The number of fused-ring (bicyclic) bond motifs is 1. The first-order valence-electron chi connectivity index (χ1n) is 34.6. The molecule has 0 amide bonds. The Hall–Kier alpha value is -9.33. The average Bonchev–Trinajstić information content (AvgIpc) is 1.48. The van der Waals surface area contributed by atoms with Gasteiger partial charge in [0.05, 0.1) is 74.0 Å². The highest BCUT2D eigenvalue weighted by Crippen LogP contribution is 2.35. The number of carbonyl (C=O) groups excluding carboxylic acids is 5. The fourth-order valence-corrected chi connectivity index (χ4v) is 12.7. The molecule has 2 aliphatic carbocycles. The minimum Gasteiger partial charge on any atom is -0.494 e. The molecule has 9 rings (SSSR count). The number of thiazole rings is 1. The van der Waals surface area contributed by atoms with Crippen molar-refractivity contribution >= 4 is 62.7 Å². The molecular weight excluding hydrogens is 1260 g/mol. The van der Waals surface area contributed by atoms with Crippen molar-refractivity contribution in [2.45, 2.75) is 140 Å². The van der Waals surface area contributed by atoms with Crippen LogP contribution in [0.15, 0.2) is 182 Å². The zero-order chi connectivity index (χ0) is 68.4. The number of hydrogen-bond acceptors (Lipinski definition) is 19. The van der Waals surface area contributed by atoms with Gasteiger partial charge in [-0.1, -0.05) is 104 Å². The van der Waals surface area contributed by atoms with E-state index in [2.05, 4.69) is 13.2 Å². The fourth-order valence-electron chi connectivity index (χ4n) is 11.7. The number of anilines is 1. The van der Waals surface area contributed by atoms with Crippen molar-refractivity contribution in [3.8, 4) is 34.5 Å². The van der Waals surface area contributed by atoms with Crippen LogP contribution in [0.5, 0.6) is 34.5 Å². The van der Waals surface area contributed by atoms with E-state index in [1.54, 1.807) is 60.0 Å². The molecule has 0 unspecified atom stereocenters. The lowest BCUT2D eigenvalue weighted by Crippen LogP contribution is -2.30.